The van der Waals surface area contributed by atoms with Crippen LogP contribution >= 0.6 is 22.7 Å². The Bertz CT molecular complexity index is 3870. The van der Waals surface area contributed by atoms with Gasteiger partial charge in [-0.15, -0.1) is 22.7 Å². The Hall–Kier alpha value is -7.25. The standard InChI is InChI=1S/C53H30N4S2/c1-2-12-32-25-35(22-21-31(32)11-1)51-54-52(36-23-24-40-38-16-6-9-19-47(38)58-49(40)28-36)56-53(55-51)43-29-42-39-17-7-10-20-48(39)59-50(42)30-46(43)57-44-18-8-5-15-37(44)41-26-33-13-3-4-14-34(33)27-45(41)57/h1-30H. The van der Waals surface area contributed by atoms with E-state index >= 15 is 0 Å². The smallest absolute Gasteiger partial charge is 0.166 e. The van der Waals surface area contributed by atoms with E-state index in [1.807, 2.05) is 11.3 Å². The van der Waals surface area contributed by atoms with E-state index in [1.165, 1.54) is 67.3 Å². The summed E-state index contributed by atoms with van der Waals surface area (Å²) in [6, 6.07) is 65.6. The zero-order chi connectivity index (χ0) is 38.6. The van der Waals surface area contributed by atoms with Crippen LogP contribution < -0.4 is 0 Å². The summed E-state index contributed by atoms with van der Waals surface area (Å²) in [5, 5.41) is 12.1. The van der Waals surface area contributed by atoms with Crippen molar-refractivity contribution in [2.45, 2.75) is 0 Å². The van der Waals surface area contributed by atoms with Crippen LogP contribution in [0.1, 0.15) is 0 Å². The molecule has 13 aromatic rings. The van der Waals surface area contributed by atoms with Crippen molar-refractivity contribution in [3.8, 4) is 39.9 Å². The minimum absolute atomic E-state index is 0.633. The quantitative estimate of drug-likeness (QED) is 0.178. The molecule has 0 saturated carbocycles. The van der Waals surface area contributed by atoms with Gasteiger partial charge in [-0.1, -0.05) is 127 Å². The summed E-state index contributed by atoms with van der Waals surface area (Å²) < 4.78 is 7.38. The molecule has 4 heterocycles. The second kappa shape index (κ2) is 12.6. The van der Waals surface area contributed by atoms with Crippen LogP contribution in [-0.4, -0.2) is 19.5 Å². The topological polar surface area (TPSA) is 43.6 Å². The number of aromatic nitrogens is 4. The number of benzene rings is 9. The van der Waals surface area contributed by atoms with Crippen molar-refractivity contribution in [2.75, 3.05) is 0 Å². The Morgan fingerprint density at radius 1 is 0.322 bits per heavy atom. The number of para-hydroxylation sites is 1. The molecule has 274 valence electrons. The second-order valence-corrected chi connectivity index (χ2v) is 17.4. The van der Waals surface area contributed by atoms with Crippen LogP contribution in [0.2, 0.25) is 0 Å². The molecule has 0 aliphatic carbocycles. The summed E-state index contributed by atoms with van der Waals surface area (Å²) >= 11 is 3.64. The summed E-state index contributed by atoms with van der Waals surface area (Å²) in [4.78, 5) is 16.1. The van der Waals surface area contributed by atoms with E-state index < -0.39 is 0 Å². The van der Waals surface area contributed by atoms with Crippen LogP contribution in [-0.2, 0) is 0 Å². The first-order valence-electron chi connectivity index (χ1n) is 19.8. The molecule has 0 radical (unpaired) electrons. The largest absolute Gasteiger partial charge is 0.308 e. The first-order valence-corrected chi connectivity index (χ1v) is 21.4. The fourth-order valence-corrected chi connectivity index (χ4v) is 11.3. The maximum Gasteiger partial charge on any atom is 0.166 e. The van der Waals surface area contributed by atoms with Gasteiger partial charge in [0.25, 0.3) is 0 Å². The molecule has 4 aromatic heterocycles. The number of thiophene rings is 2. The van der Waals surface area contributed by atoms with Gasteiger partial charge in [-0.05, 0) is 76.1 Å². The van der Waals surface area contributed by atoms with Crippen molar-refractivity contribution in [1.82, 2.24) is 19.5 Å². The van der Waals surface area contributed by atoms with Crippen molar-refractivity contribution in [3.63, 3.8) is 0 Å². The van der Waals surface area contributed by atoms with Gasteiger partial charge in [0, 0.05) is 67.8 Å². The molecule has 9 aromatic carbocycles. The predicted octanol–water partition coefficient (Wildman–Crippen LogP) is 15.0. The monoisotopic (exact) mass is 786 g/mol. The Labute approximate surface area is 345 Å². The normalized spacial score (nSPS) is 12.1. The molecule has 4 nitrogen and oxygen atoms in total. The minimum Gasteiger partial charge on any atom is -0.308 e. The molecular formula is C53H30N4S2. The highest BCUT2D eigenvalue weighted by Gasteiger charge is 2.22. The zero-order valence-corrected chi connectivity index (χ0v) is 33.1. The summed E-state index contributed by atoms with van der Waals surface area (Å²) in [7, 11) is 0. The van der Waals surface area contributed by atoms with Gasteiger partial charge in [0.05, 0.1) is 16.7 Å². The molecule has 0 spiro atoms. The van der Waals surface area contributed by atoms with E-state index in [-0.39, 0.29) is 0 Å². The third kappa shape index (κ3) is 5.10. The van der Waals surface area contributed by atoms with Crippen LogP contribution in [0.3, 0.4) is 0 Å². The van der Waals surface area contributed by atoms with Gasteiger partial charge < -0.3 is 4.57 Å². The van der Waals surface area contributed by atoms with Gasteiger partial charge in [0.1, 0.15) is 0 Å². The summed E-state index contributed by atoms with van der Waals surface area (Å²) in [5.41, 5.74) is 6.17. The third-order valence-corrected chi connectivity index (χ3v) is 14.1. The zero-order valence-electron chi connectivity index (χ0n) is 31.4. The van der Waals surface area contributed by atoms with E-state index in [0.29, 0.717) is 17.5 Å². The van der Waals surface area contributed by atoms with Crippen LogP contribution in [0.4, 0.5) is 0 Å². The number of nitrogens with zero attached hydrogens (tertiary/aromatic N) is 4. The summed E-state index contributed by atoms with van der Waals surface area (Å²) in [6.45, 7) is 0. The molecule has 59 heavy (non-hydrogen) atoms. The lowest BCUT2D eigenvalue weighted by Gasteiger charge is -2.16. The molecule has 0 atom stereocenters. The Morgan fingerprint density at radius 2 is 0.864 bits per heavy atom. The van der Waals surface area contributed by atoms with Gasteiger partial charge in [-0.2, -0.15) is 0 Å². The van der Waals surface area contributed by atoms with Gasteiger partial charge in [0.2, 0.25) is 0 Å². The summed E-state index contributed by atoms with van der Waals surface area (Å²) in [5.74, 6) is 1.92. The summed E-state index contributed by atoms with van der Waals surface area (Å²) in [6.07, 6.45) is 0. The van der Waals surface area contributed by atoms with E-state index in [0.717, 1.165) is 38.8 Å². The molecule has 0 bridgehead atoms. The molecule has 6 heteroatoms. The second-order valence-electron chi connectivity index (χ2n) is 15.2. The molecule has 0 fully saturated rings. The lowest BCUT2D eigenvalue weighted by atomic mass is 10.0. The minimum atomic E-state index is 0.633. The van der Waals surface area contributed by atoms with E-state index in [4.69, 9.17) is 15.0 Å². The highest BCUT2D eigenvalue weighted by molar-refractivity contribution is 7.26. The first kappa shape index (κ1) is 32.8. The Morgan fingerprint density at radius 3 is 1.63 bits per heavy atom. The molecule has 0 aliphatic rings. The molecule has 0 aliphatic heterocycles. The first-order chi connectivity index (χ1) is 29.2. The predicted molar refractivity (Wildman–Crippen MR) is 251 cm³/mol. The number of hydrogen-bond acceptors (Lipinski definition) is 5. The van der Waals surface area contributed by atoms with Crippen LogP contribution in [0, 0.1) is 0 Å². The average Bonchev–Trinajstić information content (AvgIpc) is 3.96. The lowest BCUT2D eigenvalue weighted by molar-refractivity contribution is 1.07. The maximum atomic E-state index is 5.45. The van der Waals surface area contributed by atoms with Crippen molar-refractivity contribution < 1.29 is 0 Å². The highest BCUT2D eigenvalue weighted by Crippen LogP contribution is 2.43. The Balaban J connectivity index is 1.13. The molecule has 13 rings (SSSR count). The highest BCUT2D eigenvalue weighted by atomic mass is 32.1. The van der Waals surface area contributed by atoms with Crippen LogP contribution in [0.25, 0.3) is 124 Å². The van der Waals surface area contributed by atoms with Crippen molar-refractivity contribution in [1.29, 1.82) is 0 Å². The average molecular weight is 787 g/mol. The molecule has 0 saturated heterocycles. The molecule has 0 amide bonds. The van der Waals surface area contributed by atoms with Crippen molar-refractivity contribution >= 4 is 106 Å². The molecular weight excluding hydrogens is 757 g/mol. The van der Waals surface area contributed by atoms with Crippen LogP contribution in [0.15, 0.2) is 182 Å². The van der Waals surface area contributed by atoms with Crippen molar-refractivity contribution in [2.24, 2.45) is 0 Å². The van der Waals surface area contributed by atoms with E-state index in [1.54, 1.807) is 11.3 Å². The van der Waals surface area contributed by atoms with Gasteiger partial charge in [-0.25, -0.2) is 15.0 Å². The van der Waals surface area contributed by atoms with Gasteiger partial charge in [0.15, 0.2) is 17.5 Å². The fourth-order valence-electron chi connectivity index (χ4n) is 8.99. The maximum absolute atomic E-state index is 5.45. The number of hydrogen-bond donors (Lipinski definition) is 0. The molecule has 0 unspecified atom stereocenters. The van der Waals surface area contributed by atoms with Crippen LogP contribution in [0.5, 0.6) is 0 Å². The number of rotatable bonds is 4. The number of fused-ring (bicyclic) bond motifs is 11. The Kier molecular flexibility index (Phi) is 7.02. The molecule has 0 N–H and O–H groups in total. The fraction of sp³-hybridized carbons (Fsp3) is 0. The lowest BCUT2D eigenvalue weighted by Crippen LogP contribution is -2.04. The van der Waals surface area contributed by atoms with Gasteiger partial charge >= 0.3 is 0 Å². The SMILES string of the molecule is c1ccc2cc(-c3nc(-c4ccc5c(c4)sc4ccccc45)nc(-c4cc5c(cc4-n4c6ccccc6c6cc7ccccc7cc64)sc4ccccc45)n3)ccc2c1. The van der Waals surface area contributed by atoms with E-state index in [2.05, 4.69) is 187 Å². The third-order valence-electron chi connectivity index (χ3n) is 11.8. The van der Waals surface area contributed by atoms with E-state index in [9.17, 15) is 0 Å². The van der Waals surface area contributed by atoms with Gasteiger partial charge in [-0.3, -0.25) is 0 Å². The van der Waals surface area contributed by atoms with Crippen molar-refractivity contribution in [3.05, 3.63) is 182 Å².